The van der Waals surface area contributed by atoms with Crippen molar-refractivity contribution in [2.75, 3.05) is 4.90 Å². The van der Waals surface area contributed by atoms with Gasteiger partial charge in [-0.3, -0.25) is 9.13 Å². The van der Waals surface area contributed by atoms with Gasteiger partial charge in [0.25, 0.3) is 0 Å². The van der Waals surface area contributed by atoms with E-state index in [0.717, 1.165) is 93.1 Å². The third-order valence-electron chi connectivity index (χ3n) is 12.0. The van der Waals surface area contributed by atoms with Crippen LogP contribution >= 0.6 is 11.8 Å². The van der Waals surface area contributed by atoms with Gasteiger partial charge in [-0.1, -0.05) is 84.6 Å². The van der Waals surface area contributed by atoms with Crippen LogP contribution in [0.4, 0.5) is 17.1 Å². The van der Waals surface area contributed by atoms with E-state index in [2.05, 4.69) is 99.0 Å². The van der Waals surface area contributed by atoms with Gasteiger partial charge in [-0.2, -0.15) is 0 Å². The van der Waals surface area contributed by atoms with Crippen molar-refractivity contribution in [2.24, 2.45) is 0 Å². The smallest absolute Gasteiger partial charge is 0.165 e. The first kappa shape index (κ1) is 35.1. The van der Waals surface area contributed by atoms with Gasteiger partial charge in [0.1, 0.15) is 44.8 Å². The fourth-order valence-electron chi connectivity index (χ4n) is 9.37. The Morgan fingerprint density at radius 2 is 0.859 bits per heavy atom. The zero-order valence-corrected chi connectivity index (χ0v) is 34.4. The molecule has 0 fully saturated rings. The monoisotopic (exact) mass is 842 g/mol. The molecule has 0 saturated carbocycles. The predicted molar refractivity (Wildman–Crippen MR) is 253 cm³/mol. The van der Waals surface area contributed by atoms with E-state index in [9.17, 15) is 0 Å². The molecule has 0 amide bonds. The average Bonchev–Trinajstić information content (AvgIpc) is 4.13. The zero-order chi connectivity index (χ0) is 41.9. The van der Waals surface area contributed by atoms with Crippen molar-refractivity contribution in [1.29, 1.82) is 0 Å². The summed E-state index contributed by atoms with van der Waals surface area (Å²) in [7, 11) is 0. The van der Waals surface area contributed by atoms with Crippen molar-refractivity contribution in [3.63, 3.8) is 0 Å². The Bertz CT molecular complexity index is 3800. The average molecular weight is 843 g/mol. The molecule has 300 valence electrons. The van der Waals surface area contributed by atoms with E-state index in [1.807, 2.05) is 97.3 Å². The van der Waals surface area contributed by atoms with Crippen LogP contribution < -0.4 is 4.90 Å². The van der Waals surface area contributed by atoms with Crippen LogP contribution in [0.1, 0.15) is 0 Å². The van der Waals surface area contributed by atoms with Gasteiger partial charge in [-0.05, 0) is 97.1 Å². The van der Waals surface area contributed by atoms with E-state index in [4.69, 9.17) is 33.8 Å². The van der Waals surface area contributed by atoms with E-state index in [1.54, 1.807) is 11.8 Å². The highest BCUT2D eigenvalue weighted by Crippen LogP contribution is 2.52. The maximum atomic E-state index is 6.42. The van der Waals surface area contributed by atoms with Gasteiger partial charge in [0.15, 0.2) is 22.9 Å². The molecule has 11 heteroatoms. The van der Waals surface area contributed by atoms with Crippen LogP contribution in [-0.4, -0.2) is 34.1 Å². The SMILES string of the molecule is c1ccc2c(c1)Sc1ccccc1N2c1cc(-c2nc3cccnc3n2-c2cccc3oc4ccccc4c23)nc(-c2nc3cccnc3n2-c2cccc3oc4ccccc4c23)c1. The van der Waals surface area contributed by atoms with Crippen LogP contribution in [-0.2, 0) is 0 Å². The second-order valence-electron chi connectivity index (χ2n) is 15.7. The maximum absolute atomic E-state index is 6.42. The highest BCUT2D eigenvalue weighted by atomic mass is 32.2. The number of rotatable bonds is 5. The normalized spacial score (nSPS) is 12.6. The Kier molecular flexibility index (Phi) is 7.39. The van der Waals surface area contributed by atoms with Crippen molar-refractivity contribution in [3.05, 3.63) is 182 Å². The predicted octanol–water partition coefficient (Wildman–Crippen LogP) is 13.6. The summed E-state index contributed by atoms with van der Waals surface area (Å²) in [6.07, 6.45) is 3.62. The van der Waals surface area contributed by atoms with E-state index in [-0.39, 0.29) is 0 Å². The fraction of sp³-hybridized carbons (Fsp3) is 0. The summed E-state index contributed by atoms with van der Waals surface area (Å²) < 4.78 is 17.1. The molecule has 13 aromatic rings. The molecule has 0 unspecified atom stereocenters. The lowest BCUT2D eigenvalue weighted by atomic mass is 10.1. The Hall–Kier alpha value is -8.54. The number of aromatic nitrogens is 7. The lowest BCUT2D eigenvalue weighted by molar-refractivity contribution is 0.668. The van der Waals surface area contributed by atoms with Crippen LogP contribution in [0.2, 0.25) is 0 Å². The van der Waals surface area contributed by atoms with Gasteiger partial charge >= 0.3 is 0 Å². The summed E-state index contributed by atoms with van der Waals surface area (Å²) in [5.74, 6) is 1.23. The molecule has 8 heterocycles. The van der Waals surface area contributed by atoms with Gasteiger partial charge in [-0.25, -0.2) is 24.9 Å². The Morgan fingerprint density at radius 3 is 1.39 bits per heavy atom. The molecule has 1 aliphatic heterocycles. The highest BCUT2D eigenvalue weighted by Gasteiger charge is 2.29. The molecular formula is C53H30N8O2S. The van der Waals surface area contributed by atoms with Crippen molar-refractivity contribution < 1.29 is 8.83 Å². The minimum atomic E-state index is 0.617. The van der Waals surface area contributed by atoms with Crippen LogP contribution in [0, 0.1) is 0 Å². The number of nitrogens with zero attached hydrogens (tertiary/aromatic N) is 8. The quantitative estimate of drug-likeness (QED) is 0.167. The molecule has 0 spiro atoms. The third kappa shape index (κ3) is 5.12. The van der Waals surface area contributed by atoms with Crippen LogP contribution in [0.15, 0.2) is 201 Å². The van der Waals surface area contributed by atoms with E-state index in [0.29, 0.717) is 34.3 Å². The second-order valence-corrected chi connectivity index (χ2v) is 16.8. The Morgan fingerprint density at radius 1 is 0.406 bits per heavy atom. The number of pyridine rings is 3. The van der Waals surface area contributed by atoms with E-state index in [1.165, 1.54) is 0 Å². The summed E-state index contributed by atoms with van der Waals surface area (Å²) >= 11 is 1.77. The maximum Gasteiger partial charge on any atom is 0.165 e. The molecule has 0 radical (unpaired) electrons. The molecule has 1 aliphatic rings. The van der Waals surface area contributed by atoms with Crippen molar-refractivity contribution in [1.82, 2.24) is 34.1 Å². The van der Waals surface area contributed by atoms with Crippen molar-refractivity contribution in [2.45, 2.75) is 9.79 Å². The van der Waals surface area contributed by atoms with Crippen molar-refractivity contribution in [3.8, 4) is 34.4 Å². The summed E-state index contributed by atoms with van der Waals surface area (Å²) in [5, 5.41) is 3.93. The van der Waals surface area contributed by atoms with Gasteiger partial charge in [-0.15, -0.1) is 0 Å². The molecule has 0 saturated heterocycles. The fourth-order valence-corrected chi connectivity index (χ4v) is 10.4. The van der Waals surface area contributed by atoms with E-state index >= 15 is 0 Å². The second kappa shape index (κ2) is 13.5. The number of imidazole rings is 2. The number of benzene rings is 6. The molecule has 10 nitrogen and oxygen atoms in total. The summed E-state index contributed by atoms with van der Waals surface area (Å²) in [4.78, 5) is 30.8. The zero-order valence-electron chi connectivity index (χ0n) is 33.6. The molecule has 64 heavy (non-hydrogen) atoms. The lowest BCUT2D eigenvalue weighted by Gasteiger charge is -2.33. The largest absolute Gasteiger partial charge is 0.456 e. The molecule has 0 bridgehead atoms. The van der Waals surface area contributed by atoms with Crippen LogP contribution in [0.25, 0.3) is 101 Å². The Balaban J connectivity index is 1.10. The number of fused-ring (bicyclic) bond motifs is 10. The molecule has 0 atom stereocenters. The highest BCUT2D eigenvalue weighted by molar-refractivity contribution is 7.99. The molecule has 0 N–H and O–H groups in total. The number of furan rings is 2. The lowest BCUT2D eigenvalue weighted by Crippen LogP contribution is -2.15. The first-order valence-electron chi connectivity index (χ1n) is 20.9. The first-order valence-corrected chi connectivity index (χ1v) is 21.7. The molecule has 14 rings (SSSR count). The summed E-state index contributed by atoms with van der Waals surface area (Å²) in [5.41, 5.74) is 12.0. The number of anilines is 3. The Labute approximate surface area is 367 Å². The van der Waals surface area contributed by atoms with Gasteiger partial charge in [0.05, 0.1) is 39.2 Å². The standard InChI is InChI=1S/C53H30N8O2S/c1-5-21-42-32(13-1)48-40(19-9-23-44(48)62-42)60-50-34(15-11-27-54-50)57-52(60)36-29-31(59-38-17-3-7-25-46(38)64-47-26-8-4-18-39(47)59)30-37(56-36)53-58-35-16-12-28-55-51(35)61(53)41-20-10-24-45-49(41)33-14-2-6-22-43(33)63-45/h1-30H. The van der Waals surface area contributed by atoms with E-state index < -0.39 is 0 Å². The third-order valence-corrected chi connectivity index (χ3v) is 13.2. The molecule has 7 aromatic heterocycles. The topological polar surface area (TPSA) is 104 Å². The molecule has 6 aromatic carbocycles. The summed E-state index contributed by atoms with van der Waals surface area (Å²) in [6.45, 7) is 0. The van der Waals surface area contributed by atoms with Crippen LogP contribution in [0.3, 0.4) is 0 Å². The number of hydrogen-bond donors (Lipinski definition) is 0. The molecule has 0 aliphatic carbocycles. The number of hydrogen-bond acceptors (Lipinski definition) is 9. The molecular weight excluding hydrogens is 813 g/mol. The minimum absolute atomic E-state index is 0.617. The van der Waals surface area contributed by atoms with Gasteiger partial charge in [0, 0.05) is 33.0 Å². The number of para-hydroxylation sites is 4. The first-order chi connectivity index (χ1) is 31.7. The van der Waals surface area contributed by atoms with Gasteiger partial charge in [0.2, 0.25) is 0 Å². The minimum Gasteiger partial charge on any atom is -0.456 e. The summed E-state index contributed by atoms with van der Waals surface area (Å²) in [6, 6.07) is 57.7. The van der Waals surface area contributed by atoms with Crippen molar-refractivity contribution >= 4 is 95.0 Å². The van der Waals surface area contributed by atoms with Crippen LogP contribution in [0.5, 0.6) is 0 Å². The van der Waals surface area contributed by atoms with Gasteiger partial charge < -0.3 is 13.7 Å².